The highest BCUT2D eigenvalue weighted by molar-refractivity contribution is 5.75. The minimum Gasteiger partial charge on any atom is -0.425 e. The summed E-state index contributed by atoms with van der Waals surface area (Å²) in [7, 11) is 2.96. The van der Waals surface area contributed by atoms with E-state index in [0.717, 1.165) is 32.1 Å². The molecular weight excluding hydrogens is 332 g/mol. The predicted octanol–water partition coefficient (Wildman–Crippen LogP) is 3.80. The van der Waals surface area contributed by atoms with E-state index in [-0.39, 0.29) is 0 Å². The van der Waals surface area contributed by atoms with E-state index in [4.69, 9.17) is 18.9 Å². The standard InChI is InChI=1S/C21H32O5/c1-6-7-8-9-10-11-12-13-14-15-16-17-18-19(22)26-21(3,24-5)20(2,23-4)25-18/h18H,6-9,14-17H2,1-5H3/t18-,20+,21+/m1/s1. The van der Waals surface area contributed by atoms with Crippen LogP contribution in [0.25, 0.3) is 0 Å². The molecule has 0 unspecified atom stereocenters. The summed E-state index contributed by atoms with van der Waals surface area (Å²) in [6.45, 7) is 5.52. The van der Waals surface area contributed by atoms with E-state index in [9.17, 15) is 4.79 Å². The number of carbonyl (C=O) groups excluding carboxylic acids is 1. The summed E-state index contributed by atoms with van der Waals surface area (Å²) in [5.41, 5.74) is 0. The van der Waals surface area contributed by atoms with Crippen LogP contribution in [0.5, 0.6) is 0 Å². The Bertz CT molecular complexity index is 564. The van der Waals surface area contributed by atoms with Crippen LogP contribution >= 0.6 is 0 Å². The van der Waals surface area contributed by atoms with Gasteiger partial charge in [-0.15, -0.1) is 0 Å². The zero-order valence-corrected chi connectivity index (χ0v) is 16.8. The first kappa shape index (κ1) is 22.5. The molecule has 1 aliphatic heterocycles. The summed E-state index contributed by atoms with van der Waals surface area (Å²) in [4.78, 5) is 12.2. The normalized spacial score (nSPS) is 27.7. The number of methoxy groups -OCH3 is 2. The smallest absolute Gasteiger partial charge is 0.338 e. The van der Waals surface area contributed by atoms with Crippen LogP contribution in [-0.4, -0.2) is 37.9 Å². The molecule has 1 fully saturated rings. The van der Waals surface area contributed by atoms with Crippen molar-refractivity contribution >= 4 is 5.97 Å². The maximum absolute atomic E-state index is 12.2. The van der Waals surface area contributed by atoms with Crippen molar-refractivity contribution in [2.45, 2.75) is 89.8 Å². The van der Waals surface area contributed by atoms with Crippen LogP contribution in [0.2, 0.25) is 0 Å². The topological polar surface area (TPSA) is 54.0 Å². The van der Waals surface area contributed by atoms with Crippen LogP contribution in [0, 0.1) is 23.7 Å². The molecule has 0 aromatic rings. The highest BCUT2D eigenvalue weighted by atomic mass is 16.8. The minimum absolute atomic E-state index is 0.423. The lowest BCUT2D eigenvalue weighted by molar-refractivity contribution is -0.406. The zero-order chi connectivity index (χ0) is 19.5. The second-order valence-corrected chi connectivity index (χ2v) is 6.63. The van der Waals surface area contributed by atoms with E-state index in [1.54, 1.807) is 13.8 Å². The van der Waals surface area contributed by atoms with Crippen molar-refractivity contribution in [3.05, 3.63) is 0 Å². The number of ether oxygens (including phenoxy) is 4. The Morgan fingerprint density at radius 2 is 1.54 bits per heavy atom. The van der Waals surface area contributed by atoms with Crippen molar-refractivity contribution in [2.75, 3.05) is 14.2 Å². The third kappa shape index (κ3) is 6.32. The predicted molar refractivity (Wildman–Crippen MR) is 100.0 cm³/mol. The molecular formula is C21H32O5. The van der Waals surface area contributed by atoms with Gasteiger partial charge in [0.15, 0.2) is 6.10 Å². The molecule has 0 radical (unpaired) electrons. The largest absolute Gasteiger partial charge is 0.425 e. The van der Waals surface area contributed by atoms with Gasteiger partial charge in [-0.1, -0.05) is 31.6 Å². The van der Waals surface area contributed by atoms with E-state index < -0.39 is 23.6 Å². The first-order valence-corrected chi connectivity index (χ1v) is 9.39. The molecule has 26 heavy (non-hydrogen) atoms. The second kappa shape index (κ2) is 11.2. The summed E-state index contributed by atoms with van der Waals surface area (Å²) in [5, 5.41) is 0. The Balaban J connectivity index is 2.35. The van der Waals surface area contributed by atoms with E-state index in [2.05, 4.69) is 30.6 Å². The summed E-state index contributed by atoms with van der Waals surface area (Å²) < 4.78 is 22.0. The van der Waals surface area contributed by atoms with Gasteiger partial charge in [-0.3, -0.25) is 0 Å². The maximum atomic E-state index is 12.2. The van der Waals surface area contributed by atoms with Crippen LogP contribution in [0.1, 0.15) is 72.1 Å². The van der Waals surface area contributed by atoms with Crippen LogP contribution in [0.3, 0.4) is 0 Å². The Kier molecular flexibility index (Phi) is 9.73. The highest BCUT2D eigenvalue weighted by Crippen LogP contribution is 2.38. The number of carbonyl (C=O) groups is 1. The lowest BCUT2D eigenvalue weighted by atomic mass is 10.0. The molecule has 0 aliphatic carbocycles. The molecule has 5 nitrogen and oxygen atoms in total. The quantitative estimate of drug-likeness (QED) is 0.354. The van der Waals surface area contributed by atoms with E-state index in [0.29, 0.717) is 6.42 Å². The summed E-state index contributed by atoms with van der Waals surface area (Å²) in [6, 6.07) is 0. The number of unbranched alkanes of at least 4 members (excludes halogenated alkanes) is 5. The van der Waals surface area contributed by atoms with Gasteiger partial charge in [-0.2, -0.15) is 0 Å². The van der Waals surface area contributed by atoms with Crippen LogP contribution in [0.15, 0.2) is 0 Å². The molecule has 1 aliphatic rings. The fraction of sp³-hybridized carbons (Fsp3) is 0.762. The van der Waals surface area contributed by atoms with Crippen LogP contribution in [-0.2, 0) is 23.7 Å². The van der Waals surface area contributed by atoms with E-state index in [1.807, 2.05) is 0 Å². The summed E-state index contributed by atoms with van der Waals surface area (Å²) in [6.07, 6.45) is 6.83. The van der Waals surface area contributed by atoms with Crippen molar-refractivity contribution < 1.29 is 23.7 Å². The molecule has 1 saturated heterocycles. The molecule has 0 amide bonds. The Hall–Kier alpha value is -1.53. The van der Waals surface area contributed by atoms with Crippen molar-refractivity contribution in [1.29, 1.82) is 0 Å². The molecule has 1 heterocycles. The van der Waals surface area contributed by atoms with Gasteiger partial charge in [-0.25, -0.2) is 4.79 Å². The third-order valence-corrected chi connectivity index (χ3v) is 4.69. The van der Waals surface area contributed by atoms with E-state index >= 15 is 0 Å². The molecule has 0 aromatic heterocycles. The first-order valence-electron chi connectivity index (χ1n) is 9.39. The molecule has 146 valence electrons. The minimum atomic E-state index is -1.27. The summed E-state index contributed by atoms with van der Waals surface area (Å²) >= 11 is 0. The third-order valence-electron chi connectivity index (χ3n) is 4.69. The Morgan fingerprint density at radius 3 is 2.08 bits per heavy atom. The molecule has 0 spiro atoms. The fourth-order valence-electron chi connectivity index (χ4n) is 2.63. The van der Waals surface area contributed by atoms with Gasteiger partial charge in [0, 0.05) is 34.0 Å². The number of hydrogen-bond acceptors (Lipinski definition) is 5. The van der Waals surface area contributed by atoms with Crippen molar-refractivity contribution in [3.63, 3.8) is 0 Å². The average molecular weight is 364 g/mol. The number of rotatable bonds is 9. The number of hydrogen-bond donors (Lipinski definition) is 0. The molecule has 0 saturated carbocycles. The van der Waals surface area contributed by atoms with Gasteiger partial charge in [0.25, 0.3) is 5.79 Å². The lowest BCUT2D eigenvalue weighted by Gasteiger charge is -2.47. The van der Waals surface area contributed by atoms with E-state index in [1.165, 1.54) is 27.1 Å². The molecule has 0 aromatic carbocycles. The second-order valence-electron chi connectivity index (χ2n) is 6.63. The molecule has 0 N–H and O–H groups in total. The average Bonchev–Trinajstić information content (AvgIpc) is 2.63. The first-order chi connectivity index (χ1) is 12.4. The summed E-state index contributed by atoms with van der Waals surface area (Å²) in [5.74, 6) is 9.05. The van der Waals surface area contributed by atoms with Crippen LogP contribution < -0.4 is 0 Å². The van der Waals surface area contributed by atoms with Crippen LogP contribution in [0.4, 0.5) is 0 Å². The Morgan fingerprint density at radius 1 is 0.962 bits per heavy atom. The zero-order valence-electron chi connectivity index (χ0n) is 16.8. The number of cyclic esters (lactones) is 1. The van der Waals surface area contributed by atoms with Crippen molar-refractivity contribution in [3.8, 4) is 23.7 Å². The number of esters is 1. The Labute approximate surface area is 158 Å². The van der Waals surface area contributed by atoms with Gasteiger partial charge in [-0.05, 0) is 44.4 Å². The monoisotopic (exact) mass is 364 g/mol. The molecule has 3 atom stereocenters. The fourth-order valence-corrected chi connectivity index (χ4v) is 2.63. The SMILES string of the molecule is CCCCCC#CC#CCCCC[C@H]1O[C@](C)(OC)[C@@](C)(OC)OC1=O. The van der Waals surface area contributed by atoms with Gasteiger partial charge in [0.2, 0.25) is 5.79 Å². The van der Waals surface area contributed by atoms with Crippen molar-refractivity contribution in [2.24, 2.45) is 0 Å². The highest BCUT2D eigenvalue weighted by Gasteiger charge is 2.57. The van der Waals surface area contributed by atoms with Gasteiger partial charge in [0.05, 0.1) is 0 Å². The molecule has 0 bridgehead atoms. The van der Waals surface area contributed by atoms with Gasteiger partial charge < -0.3 is 18.9 Å². The molecule has 5 heteroatoms. The maximum Gasteiger partial charge on any atom is 0.338 e. The lowest BCUT2D eigenvalue weighted by Crippen LogP contribution is -2.64. The van der Waals surface area contributed by atoms with Crippen molar-refractivity contribution in [1.82, 2.24) is 0 Å². The van der Waals surface area contributed by atoms with Gasteiger partial charge >= 0.3 is 5.97 Å². The van der Waals surface area contributed by atoms with Gasteiger partial charge in [0.1, 0.15) is 0 Å². The molecule has 1 rings (SSSR count).